The SMILES string of the molecule is COc1cccc(-c2ccc(C(=O)NCc3cccc(O[C@H]4C[C@H]5C[C@@H]6CN5[C@@H]6C4)c3)nc2)c1. The number of carbonyl (C=O) groups excluding carboxylic acids is 1. The standard InChI is InChI=1S/C28H29N3O3/c1-33-23-6-3-5-19(12-23)20-8-9-26(29-16-20)28(32)30-15-18-4-2-7-24(10-18)34-25-13-22-11-21-17-31(22)27(21)14-25/h2-10,12,16,21-22,25,27H,11,13-15,17H2,1H3,(H,30,32)/t21-,22-,25+,27-/m1/s1. The highest BCUT2D eigenvalue weighted by atomic mass is 16.5. The van der Waals surface area contributed by atoms with Crippen molar-refractivity contribution in [3.05, 3.63) is 78.1 Å². The molecule has 6 heteroatoms. The normalized spacial score (nSPS) is 26.4. The maximum absolute atomic E-state index is 12.7. The molecule has 3 aromatic rings. The van der Waals surface area contributed by atoms with E-state index in [0.29, 0.717) is 18.3 Å². The molecule has 2 aromatic carbocycles. The summed E-state index contributed by atoms with van der Waals surface area (Å²) < 4.78 is 11.6. The van der Waals surface area contributed by atoms with E-state index in [0.717, 1.165) is 59.0 Å². The minimum atomic E-state index is -0.194. The van der Waals surface area contributed by atoms with Gasteiger partial charge in [-0.05, 0) is 60.2 Å². The van der Waals surface area contributed by atoms with Gasteiger partial charge in [0.2, 0.25) is 0 Å². The molecule has 4 saturated heterocycles. The molecule has 0 saturated carbocycles. The maximum atomic E-state index is 12.7. The lowest BCUT2D eigenvalue weighted by atomic mass is 9.88. The molecular formula is C28H29N3O3. The Morgan fingerprint density at radius 2 is 1.91 bits per heavy atom. The van der Waals surface area contributed by atoms with Gasteiger partial charge in [0.1, 0.15) is 23.3 Å². The lowest BCUT2D eigenvalue weighted by molar-refractivity contribution is -0.00908. The molecule has 1 amide bonds. The summed E-state index contributed by atoms with van der Waals surface area (Å²) in [6.07, 6.45) is 5.64. The van der Waals surface area contributed by atoms with Crippen LogP contribution in [0, 0.1) is 5.92 Å². The van der Waals surface area contributed by atoms with Gasteiger partial charge in [0, 0.05) is 43.4 Å². The zero-order chi connectivity index (χ0) is 23.1. The highest BCUT2D eigenvalue weighted by Gasteiger charge is 2.55. The van der Waals surface area contributed by atoms with Gasteiger partial charge >= 0.3 is 0 Å². The summed E-state index contributed by atoms with van der Waals surface area (Å²) in [6, 6.07) is 21.0. The monoisotopic (exact) mass is 455 g/mol. The Morgan fingerprint density at radius 1 is 1.03 bits per heavy atom. The summed E-state index contributed by atoms with van der Waals surface area (Å²) >= 11 is 0. The fraction of sp³-hybridized carbons (Fsp3) is 0.357. The number of ether oxygens (including phenoxy) is 2. The van der Waals surface area contributed by atoms with E-state index in [4.69, 9.17) is 9.47 Å². The average Bonchev–Trinajstić information content (AvgIpc) is 3.40. The summed E-state index contributed by atoms with van der Waals surface area (Å²) in [5.74, 6) is 2.39. The average molecular weight is 456 g/mol. The molecular weight excluding hydrogens is 426 g/mol. The van der Waals surface area contributed by atoms with Crippen molar-refractivity contribution in [1.82, 2.24) is 15.2 Å². The van der Waals surface area contributed by atoms with Crippen molar-refractivity contribution in [2.45, 2.75) is 44.0 Å². The Balaban J connectivity index is 1.05. The van der Waals surface area contributed by atoms with E-state index >= 15 is 0 Å². The van der Waals surface area contributed by atoms with Crippen LogP contribution in [0.5, 0.6) is 11.5 Å². The van der Waals surface area contributed by atoms with Gasteiger partial charge in [0.25, 0.3) is 5.91 Å². The van der Waals surface area contributed by atoms with Crippen LogP contribution in [0.3, 0.4) is 0 Å². The third-order valence-electron chi connectivity index (χ3n) is 7.55. The Kier molecular flexibility index (Phi) is 5.46. The van der Waals surface area contributed by atoms with E-state index in [9.17, 15) is 4.79 Å². The number of carbonyl (C=O) groups is 1. The van der Waals surface area contributed by atoms with Crippen LogP contribution in [-0.4, -0.2) is 47.6 Å². The molecule has 1 aromatic heterocycles. The zero-order valence-corrected chi connectivity index (χ0v) is 19.3. The molecule has 4 aliphatic rings. The van der Waals surface area contributed by atoms with Gasteiger partial charge in [-0.25, -0.2) is 0 Å². The van der Waals surface area contributed by atoms with Crippen LogP contribution < -0.4 is 14.8 Å². The van der Waals surface area contributed by atoms with Crippen molar-refractivity contribution in [1.29, 1.82) is 0 Å². The first-order chi connectivity index (χ1) is 16.7. The van der Waals surface area contributed by atoms with Gasteiger partial charge < -0.3 is 14.8 Å². The second-order valence-electron chi connectivity index (χ2n) is 9.62. The summed E-state index contributed by atoms with van der Waals surface area (Å²) in [4.78, 5) is 19.7. The van der Waals surface area contributed by atoms with Crippen LogP contribution in [0.1, 0.15) is 35.3 Å². The molecule has 6 nitrogen and oxygen atoms in total. The van der Waals surface area contributed by atoms with Gasteiger partial charge in [-0.15, -0.1) is 0 Å². The first-order valence-corrected chi connectivity index (χ1v) is 12.1. The number of nitrogens with zero attached hydrogens (tertiary/aromatic N) is 2. The van der Waals surface area contributed by atoms with E-state index in [1.807, 2.05) is 54.6 Å². The Morgan fingerprint density at radius 3 is 2.74 bits per heavy atom. The van der Waals surface area contributed by atoms with Crippen molar-refractivity contribution in [2.24, 2.45) is 5.92 Å². The van der Waals surface area contributed by atoms with Crippen LogP contribution in [-0.2, 0) is 6.54 Å². The second-order valence-corrected chi connectivity index (χ2v) is 9.62. The number of hydrogen-bond donors (Lipinski definition) is 1. The van der Waals surface area contributed by atoms with Gasteiger partial charge in [-0.2, -0.15) is 0 Å². The molecule has 0 aliphatic carbocycles. The number of aromatic nitrogens is 1. The van der Waals surface area contributed by atoms with Crippen LogP contribution in [0.25, 0.3) is 11.1 Å². The van der Waals surface area contributed by atoms with Crippen LogP contribution in [0.4, 0.5) is 0 Å². The summed E-state index contributed by atoms with van der Waals surface area (Å²) in [5.41, 5.74) is 3.34. The Hall–Kier alpha value is -3.38. The van der Waals surface area contributed by atoms with Crippen molar-refractivity contribution >= 4 is 5.91 Å². The summed E-state index contributed by atoms with van der Waals surface area (Å²) in [5, 5.41) is 2.98. The second kappa shape index (κ2) is 8.76. The minimum absolute atomic E-state index is 0.194. The Bertz CT molecular complexity index is 1190. The minimum Gasteiger partial charge on any atom is -0.497 e. The topological polar surface area (TPSA) is 63.7 Å². The van der Waals surface area contributed by atoms with E-state index in [1.165, 1.54) is 13.0 Å². The van der Waals surface area contributed by atoms with Gasteiger partial charge in [-0.1, -0.05) is 30.3 Å². The van der Waals surface area contributed by atoms with Gasteiger partial charge in [-0.3, -0.25) is 14.7 Å². The molecule has 4 bridgehead atoms. The number of pyridine rings is 1. The molecule has 34 heavy (non-hydrogen) atoms. The summed E-state index contributed by atoms with van der Waals surface area (Å²) in [6.45, 7) is 1.73. The zero-order valence-electron chi connectivity index (χ0n) is 19.3. The van der Waals surface area contributed by atoms with Crippen molar-refractivity contribution < 1.29 is 14.3 Å². The van der Waals surface area contributed by atoms with Crippen molar-refractivity contribution in [2.75, 3.05) is 13.7 Å². The highest BCUT2D eigenvalue weighted by molar-refractivity contribution is 5.92. The quantitative estimate of drug-likeness (QED) is 0.576. The van der Waals surface area contributed by atoms with Gasteiger partial charge in [0.15, 0.2) is 0 Å². The predicted octanol–water partition coefficient (Wildman–Crippen LogP) is 4.30. The van der Waals surface area contributed by atoms with E-state index in [2.05, 4.69) is 15.2 Å². The van der Waals surface area contributed by atoms with Crippen LogP contribution in [0.15, 0.2) is 66.9 Å². The molecule has 4 fully saturated rings. The van der Waals surface area contributed by atoms with E-state index in [1.54, 1.807) is 19.4 Å². The molecule has 7 rings (SSSR count). The number of rotatable bonds is 7. The number of benzene rings is 2. The highest BCUT2D eigenvalue weighted by Crippen LogP contribution is 2.48. The number of hydrogen-bond acceptors (Lipinski definition) is 5. The van der Waals surface area contributed by atoms with Crippen molar-refractivity contribution in [3.63, 3.8) is 0 Å². The third kappa shape index (κ3) is 4.03. The molecule has 4 aliphatic heterocycles. The Labute approximate surface area is 199 Å². The largest absolute Gasteiger partial charge is 0.497 e. The third-order valence-corrected chi connectivity index (χ3v) is 7.55. The lowest BCUT2D eigenvalue weighted by Gasteiger charge is -2.46. The first-order valence-electron chi connectivity index (χ1n) is 12.1. The fourth-order valence-electron chi connectivity index (χ4n) is 5.82. The molecule has 5 heterocycles. The van der Waals surface area contributed by atoms with Crippen LogP contribution in [0.2, 0.25) is 0 Å². The number of nitrogens with one attached hydrogen (secondary N) is 1. The smallest absolute Gasteiger partial charge is 0.270 e. The molecule has 174 valence electrons. The van der Waals surface area contributed by atoms with Crippen molar-refractivity contribution in [3.8, 4) is 22.6 Å². The first kappa shape index (κ1) is 21.2. The lowest BCUT2D eigenvalue weighted by Crippen LogP contribution is -2.55. The number of methoxy groups -OCH3 is 1. The molecule has 0 spiro atoms. The van der Waals surface area contributed by atoms with E-state index in [-0.39, 0.29) is 5.91 Å². The number of amides is 1. The molecule has 5 atom stereocenters. The fourth-order valence-corrected chi connectivity index (χ4v) is 5.82. The molecule has 1 N–H and O–H groups in total. The van der Waals surface area contributed by atoms with Gasteiger partial charge in [0.05, 0.1) is 7.11 Å². The van der Waals surface area contributed by atoms with Crippen LogP contribution >= 0.6 is 0 Å². The predicted molar refractivity (Wildman–Crippen MR) is 130 cm³/mol. The van der Waals surface area contributed by atoms with E-state index < -0.39 is 0 Å². The summed E-state index contributed by atoms with van der Waals surface area (Å²) in [7, 11) is 1.65. The maximum Gasteiger partial charge on any atom is 0.270 e. The number of piperidine rings is 1. The molecule has 0 radical (unpaired) electrons. The molecule has 1 unspecified atom stereocenters.